The molecule has 1 aliphatic rings. The lowest BCUT2D eigenvalue weighted by molar-refractivity contribution is -0.137. The molecule has 0 radical (unpaired) electrons. The second-order valence-electron chi connectivity index (χ2n) is 6.39. The standard InChI is InChI=1S/C16H13Cl2F5N4OS/c1-25-5-10-11(14(29(2)28)6-15(14,19)20)13(24)27(26-10)12-8(17)3-7(4-9(12)18)16(21,22)23/h3-5H,6,24H2,1-2H3. The van der Waals surface area contributed by atoms with Crippen molar-refractivity contribution in [2.75, 3.05) is 19.0 Å². The van der Waals surface area contributed by atoms with Crippen LogP contribution in [0.4, 0.5) is 27.8 Å². The van der Waals surface area contributed by atoms with Crippen molar-refractivity contribution in [2.45, 2.75) is 23.3 Å². The quantitative estimate of drug-likeness (QED) is 0.525. The summed E-state index contributed by atoms with van der Waals surface area (Å²) in [5.74, 6) is -3.67. The lowest BCUT2D eigenvalue weighted by Crippen LogP contribution is -2.24. The third-order valence-electron chi connectivity index (χ3n) is 4.59. The summed E-state index contributed by atoms with van der Waals surface area (Å²) in [5.41, 5.74) is 4.39. The molecular formula is C16H13Cl2F5N4OS. The first-order chi connectivity index (χ1) is 13.3. The Balaban J connectivity index is 2.29. The Morgan fingerprint density at radius 1 is 1.31 bits per heavy atom. The minimum Gasteiger partial charge on any atom is -0.383 e. The van der Waals surface area contributed by atoms with Gasteiger partial charge in [-0.05, 0) is 12.1 Å². The van der Waals surface area contributed by atoms with E-state index in [0.717, 1.165) is 17.2 Å². The topological polar surface area (TPSA) is 73.3 Å². The third kappa shape index (κ3) is 3.32. The molecule has 1 saturated carbocycles. The van der Waals surface area contributed by atoms with Gasteiger partial charge in [-0.1, -0.05) is 23.2 Å². The zero-order valence-corrected chi connectivity index (χ0v) is 17.1. The first-order valence-electron chi connectivity index (χ1n) is 7.87. The lowest BCUT2D eigenvalue weighted by Gasteiger charge is -2.16. The third-order valence-corrected chi connectivity index (χ3v) is 6.79. The van der Waals surface area contributed by atoms with E-state index in [4.69, 9.17) is 28.9 Å². The van der Waals surface area contributed by atoms with Gasteiger partial charge in [-0.2, -0.15) is 18.3 Å². The van der Waals surface area contributed by atoms with Crippen LogP contribution in [0, 0.1) is 0 Å². The van der Waals surface area contributed by atoms with Crippen LogP contribution in [-0.2, 0) is 21.7 Å². The monoisotopic (exact) mass is 474 g/mol. The van der Waals surface area contributed by atoms with E-state index in [2.05, 4.69) is 10.1 Å². The molecule has 0 amide bonds. The molecule has 5 nitrogen and oxygen atoms in total. The van der Waals surface area contributed by atoms with Gasteiger partial charge in [-0.3, -0.25) is 9.20 Å². The van der Waals surface area contributed by atoms with Crippen molar-refractivity contribution < 1.29 is 26.2 Å². The Morgan fingerprint density at radius 2 is 1.83 bits per heavy atom. The van der Waals surface area contributed by atoms with Gasteiger partial charge in [0.25, 0.3) is 5.92 Å². The summed E-state index contributed by atoms with van der Waals surface area (Å²) in [7, 11) is -0.679. The van der Waals surface area contributed by atoms with Gasteiger partial charge >= 0.3 is 6.18 Å². The van der Waals surface area contributed by atoms with E-state index in [1.807, 2.05) is 0 Å². The van der Waals surface area contributed by atoms with Gasteiger partial charge in [-0.25, -0.2) is 13.5 Å². The number of benzene rings is 1. The molecule has 13 heteroatoms. The van der Waals surface area contributed by atoms with Crippen LogP contribution in [0.5, 0.6) is 0 Å². The maximum absolute atomic E-state index is 14.2. The Morgan fingerprint density at radius 3 is 2.21 bits per heavy atom. The number of nitrogens with two attached hydrogens (primary N) is 1. The predicted octanol–water partition coefficient (Wildman–Crippen LogP) is 4.44. The van der Waals surface area contributed by atoms with E-state index in [-0.39, 0.29) is 22.8 Å². The Labute approximate surface area is 174 Å². The molecule has 2 atom stereocenters. The lowest BCUT2D eigenvalue weighted by atomic mass is 10.1. The number of hydrogen-bond donors (Lipinski definition) is 1. The normalized spacial score (nSPS) is 22.2. The van der Waals surface area contributed by atoms with Gasteiger partial charge in [0.2, 0.25) is 0 Å². The first-order valence-corrected chi connectivity index (χ1v) is 10.2. The molecular weight excluding hydrogens is 462 g/mol. The summed E-state index contributed by atoms with van der Waals surface area (Å²) in [5, 5.41) is 3.17. The van der Waals surface area contributed by atoms with Crippen molar-refractivity contribution in [3.05, 3.63) is 39.0 Å². The van der Waals surface area contributed by atoms with Crippen LogP contribution in [0.3, 0.4) is 0 Å². The van der Waals surface area contributed by atoms with Crippen molar-refractivity contribution in [1.29, 1.82) is 0 Å². The minimum absolute atomic E-state index is 0.107. The Kier molecular flexibility index (Phi) is 5.24. The van der Waals surface area contributed by atoms with Gasteiger partial charge in [0.05, 0.1) is 15.6 Å². The van der Waals surface area contributed by atoms with Crippen LogP contribution in [0.15, 0.2) is 17.1 Å². The highest BCUT2D eigenvalue weighted by molar-refractivity contribution is 7.85. The number of hydrogen-bond acceptors (Lipinski definition) is 4. The molecule has 0 spiro atoms. The summed E-state index contributed by atoms with van der Waals surface area (Å²) in [6, 6.07) is 1.24. The fourth-order valence-electron chi connectivity index (χ4n) is 3.17. The van der Waals surface area contributed by atoms with E-state index in [1.165, 1.54) is 7.05 Å². The van der Waals surface area contributed by atoms with Crippen LogP contribution in [-0.4, -0.2) is 39.4 Å². The van der Waals surface area contributed by atoms with Crippen molar-refractivity contribution >= 4 is 46.0 Å². The predicted molar refractivity (Wildman–Crippen MR) is 102 cm³/mol. The van der Waals surface area contributed by atoms with Gasteiger partial charge in [0.15, 0.2) is 0 Å². The van der Waals surface area contributed by atoms with Crippen LogP contribution in [0.2, 0.25) is 10.0 Å². The summed E-state index contributed by atoms with van der Waals surface area (Å²) >= 11 is 12.0. The van der Waals surface area contributed by atoms with Crippen LogP contribution < -0.4 is 5.73 Å². The maximum atomic E-state index is 14.2. The molecule has 3 rings (SSSR count). The molecule has 2 aromatic rings. The second-order valence-corrected chi connectivity index (χ2v) is 8.81. The Bertz CT molecular complexity index is 1030. The maximum Gasteiger partial charge on any atom is 0.416 e. The van der Waals surface area contributed by atoms with Gasteiger partial charge in [0.1, 0.15) is 21.9 Å². The molecule has 1 fully saturated rings. The number of aliphatic imine (C=N–C) groups is 1. The van der Waals surface area contributed by atoms with Gasteiger partial charge in [0, 0.05) is 42.3 Å². The molecule has 0 saturated heterocycles. The van der Waals surface area contributed by atoms with E-state index in [1.54, 1.807) is 0 Å². The van der Waals surface area contributed by atoms with Crippen LogP contribution in [0.1, 0.15) is 23.2 Å². The second kappa shape index (κ2) is 6.92. The zero-order valence-electron chi connectivity index (χ0n) is 14.8. The molecule has 0 aliphatic heterocycles. The largest absolute Gasteiger partial charge is 0.416 e. The fraction of sp³-hybridized carbons (Fsp3) is 0.375. The van der Waals surface area contributed by atoms with E-state index in [9.17, 15) is 26.2 Å². The number of alkyl halides is 5. The van der Waals surface area contributed by atoms with Crippen LogP contribution >= 0.6 is 23.2 Å². The molecule has 1 aliphatic carbocycles. The summed E-state index contributed by atoms with van der Waals surface area (Å²) in [6.45, 7) is 0. The molecule has 1 aromatic heterocycles. The van der Waals surface area contributed by atoms with E-state index >= 15 is 0 Å². The van der Waals surface area contributed by atoms with Gasteiger partial charge < -0.3 is 5.73 Å². The fourth-order valence-corrected chi connectivity index (χ4v) is 5.12. The first kappa shape index (κ1) is 22.0. The molecule has 2 N–H and O–H groups in total. The summed E-state index contributed by atoms with van der Waals surface area (Å²) < 4.78 is 78.4. The molecule has 1 heterocycles. The van der Waals surface area contributed by atoms with Crippen molar-refractivity contribution in [1.82, 2.24) is 9.78 Å². The van der Waals surface area contributed by atoms with Crippen molar-refractivity contribution in [2.24, 2.45) is 4.99 Å². The number of nitrogen functional groups attached to an aromatic ring is 1. The average Bonchev–Trinajstić information content (AvgIpc) is 3.01. The van der Waals surface area contributed by atoms with Crippen LogP contribution in [0.25, 0.3) is 5.69 Å². The average molecular weight is 475 g/mol. The van der Waals surface area contributed by atoms with E-state index in [0.29, 0.717) is 12.1 Å². The molecule has 1 aromatic carbocycles. The van der Waals surface area contributed by atoms with Crippen molar-refractivity contribution in [3.63, 3.8) is 0 Å². The summed E-state index contributed by atoms with van der Waals surface area (Å²) in [6.07, 6.45) is -3.18. The molecule has 0 bridgehead atoms. The number of aromatic nitrogens is 2. The highest BCUT2D eigenvalue weighted by Gasteiger charge is 2.76. The number of nitrogens with zero attached hydrogens (tertiary/aromatic N) is 3. The molecule has 2 unspecified atom stereocenters. The minimum atomic E-state index is -4.70. The highest BCUT2D eigenvalue weighted by atomic mass is 35.5. The van der Waals surface area contributed by atoms with E-state index < -0.39 is 49.7 Å². The summed E-state index contributed by atoms with van der Waals surface area (Å²) in [4.78, 5) is 3.74. The number of anilines is 1. The SMILES string of the molecule is CN=Cc1nn(-c2c(Cl)cc(C(F)(F)F)cc2Cl)c(N)c1C1(S(C)=O)CC1(F)F. The number of rotatable bonds is 4. The highest BCUT2D eigenvalue weighted by Crippen LogP contribution is 2.65. The van der Waals surface area contributed by atoms with Gasteiger partial charge in [-0.15, -0.1) is 0 Å². The zero-order chi connectivity index (χ0) is 21.9. The Hall–Kier alpha value is -1.72. The smallest absolute Gasteiger partial charge is 0.383 e. The number of halogens is 7. The van der Waals surface area contributed by atoms with Crippen molar-refractivity contribution in [3.8, 4) is 5.69 Å². The molecule has 158 valence electrons. The molecule has 29 heavy (non-hydrogen) atoms.